The van der Waals surface area contributed by atoms with Crippen LogP contribution in [0.1, 0.15) is 11.3 Å². The van der Waals surface area contributed by atoms with Crippen LogP contribution in [0.4, 0.5) is 0 Å². The summed E-state index contributed by atoms with van der Waals surface area (Å²) in [4.78, 5) is 9.61. The quantitative estimate of drug-likeness (QED) is 0.259. The minimum atomic E-state index is 0.943. The van der Waals surface area contributed by atoms with Crippen LogP contribution in [-0.4, -0.2) is 18.8 Å². The van der Waals surface area contributed by atoms with Gasteiger partial charge in [0.05, 0.1) is 16.7 Å². The van der Waals surface area contributed by atoms with E-state index in [0.717, 1.165) is 22.6 Å². The number of aryl methyl sites for hydroxylation is 2. The van der Waals surface area contributed by atoms with E-state index in [1.807, 2.05) is 12.3 Å². The van der Waals surface area contributed by atoms with Crippen LogP contribution < -0.4 is 0 Å². The molecule has 7 rings (SSSR count). The molecule has 0 radical (unpaired) electrons. The van der Waals surface area contributed by atoms with Gasteiger partial charge in [-0.3, -0.25) is 8.80 Å². The maximum atomic E-state index is 4.83. The second-order valence-corrected chi connectivity index (χ2v) is 7.71. The molecule has 0 amide bonds. The summed E-state index contributed by atoms with van der Waals surface area (Å²) in [6, 6.07) is 19.7. The molecule has 4 heteroatoms. The van der Waals surface area contributed by atoms with E-state index in [1.165, 1.54) is 43.5 Å². The lowest BCUT2D eigenvalue weighted by Gasteiger charge is -2.11. The Hall–Kier alpha value is -3.66. The molecule has 0 aliphatic heterocycles. The van der Waals surface area contributed by atoms with Crippen molar-refractivity contribution in [1.82, 2.24) is 18.8 Å². The Kier molecular flexibility index (Phi) is 2.36. The van der Waals surface area contributed by atoms with Crippen LogP contribution in [-0.2, 0) is 0 Å². The van der Waals surface area contributed by atoms with Gasteiger partial charge in [0.25, 0.3) is 0 Å². The minimum absolute atomic E-state index is 0.943. The fraction of sp³-hybridized carbons (Fsp3) is 0.0833. The van der Waals surface area contributed by atoms with Gasteiger partial charge in [0.2, 0.25) is 0 Å². The zero-order valence-electron chi connectivity index (χ0n) is 15.6. The highest BCUT2D eigenvalue weighted by molar-refractivity contribution is 6.28. The lowest BCUT2D eigenvalue weighted by Crippen LogP contribution is -2.00. The second-order valence-electron chi connectivity index (χ2n) is 7.71. The summed E-state index contributed by atoms with van der Waals surface area (Å²) in [6.07, 6.45) is 1.87. The highest BCUT2D eigenvalue weighted by Crippen LogP contribution is 2.41. The third kappa shape index (κ3) is 1.50. The zero-order valence-corrected chi connectivity index (χ0v) is 15.6. The van der Waals surface area contributed by atoms with Gasteiger partial charge < -0.3 is 0 Å². The first-order chi connectivity index (χ1) is 13.7. The number of aromatic nitrogens is 4. The summed E-state index contributed by atoms with van der Waals surface area (Å²) in [5.74, 6) is 0. The molecule has 0 saturated carbocycles. The average molecular weight is 360 g/mol. The van der Waals surface area contributed by atoms with Crippen molar-refractivity contribution in [3.05, 3.63) is 72.1 Å². The molecule has 7 aromatic rings. The number of para-hydroxylation sites is 1. The van der Waals surface area contributed by atoms with E-state index in [9.17, 15) is 0 Å². The first kappa shape index (κ1) is 14.4. The van der Waals surface area contributed by atoms with Gasteiger partial charge in [0.1, 0.15) is 16.9 Å². The molecule has 3 aromatic carbocycles. The predicted octanol–water partition coefficient (Wildman–Crippen LogP) is 5.65. The van der Waals surface area contributed by atoms with Gasteiger partial charge in [-0.15, -0.1) is 0 Å². The van der Waals surface area contributed by atoms with E-state index >= 15 is 0 Å². The number of rotatable bonds is 0. The van der Waals surface area contributed by atoms with Gasteiger partial charge in [-0.05, 0) is 42.8 Å². The Bertz CT molecular complexity index is 1730. The molecular formula is C24H16N4. The molecule has 132 valence electrons. The average Bonchev–Trinajstić information content (AvgIpc) is 3.21. The summed E-state index contributed by atoms with van der Waals surface area (Å²) in [6.45, 7) is 4.23. The molecule has 0 bridgehead atoms. The van der Waals surface area contributed by atoms with Gasteiger partial charge in [0, 0.05) is 22.4 Å². The second kappa shape index (κ2) is 4.60. The van der Waals surface area contributed by atoms with Crippen molar-refractivity contribution < 1.29 is 0 Å². The Morgan fingerprint density at radius 1 is 0.821 bits per heavy atom. The Morgan fingerprint density at radius 3 is 2.64 bits per heavy atom. The topological polar surface area (TPSA) is 34.6 Å². The number of hydrogen-bond acceptors (Lipinski definition) is 2. The molecule has 28 heavy (non-hydrogen) atoms. The third-order valence-electron chi connectivity index (χ3n) is 6.04. The fourth-order valence-corrected chi connectivity index (χ4v) is 4.96. The highest BCUT2D eigenvalue weighted by Gasteiger charge is 2.22. The molecule has 4 aromatic heterocycles. The number of benzene rings is 3. The van der Waals surface area contributed by atoms with Crippen molar-refractivity contribution >= 4 is 54.9 Å². The third-order valence-corrected chi connectivity index (χ3v) is 6.04. The molecule has 0 atom stereocenters. The smallest absolute Gasteiger partial charge is 0.149 e. The summed E-state index contributed by atoms with van der Waals surface area (Å²) in [5.41, 5.74) is 7.74. The molecule has 4 nitrogen and oxygen atoms in total. The lowest BCUT2D eigenvalue weighted by atomic mass is 10.00. The summed E-state index contributed by atoms with van der Waals surface area (Å²) in [5, 5.41) is 6.28. The van der Waals surface area contributed by atoms with E-state index in [-0.39, 0.29) is 0 Å². The Labute approximate surface area is 160 Å². The molecule has 0 N–H and O–H groups in total. The first-order valence-electron chi connectivity index (χ1n) is 9.54. The zero-order chi connectivity index (χ0) is 18.6. The number of imidazole rings is 1. The summed E-state index contributed by atoms with van der Waals surface area (Å²) < 4.78 is 4.58. The van der Waals surface area contributed by atoms with E-state index in [1.54, 1.807) is 0 Å². The van der Waals surface area contributed by atoms with Crippen molar-refractivity contribution in [2.45, 2.75) is 13.8 Å². The van der Waals surface area contributed by atoms with E-state index in [0.29, 0.717) is 0 Å². The van der Waals surface area contributed by atoms with Crippen LogP contribution in [0.25, 0.3) is 54.9 Å². The summed E-state index contributed by atoms with van der Waals surface area (Å²) >= 11 is 0. The van der Waals surface area contributed by atoms with Crippen molar-refractivity contribution in [1.29, 1.82) is 0 Å². The van der Waals surface area contributed by atoms with Crippen LogP contribution in [0.2, 0.25) is 0 Å². The maximum absolute atomic E-state index is 4.83. The van der Waals surface area contributed by atoms with E-state index < -0.39 is 0 Å². The van der Waals surface area contributed by atoms with Gasteiger partial charge in [-0.25, -0.2) is 9.97 Å². The molecule has 0 spiro atoms. The van der Waals surface area contributed by atoms with Gasteiger partial charge in [0.15, 0.2) is 0 Å². The molecule has 4 heterocycles. The van der Waals surface area contributed by atoms with E-state index in [4.69, 9.17) is 9.97 Å². The van der Waals surface area contributed by atoms with Gasteiger partial charge in [-0.2, -0.15) is 0 Å². The number of nitrogens with zero attached hydrogens (tertiary/aromatic N) is 4. The van der Waals surface area contributed by atoms with Crippen molar-refractivity contribution in [2.75, 3.05) is 0 Å². The Morgan fingerprint density at radius 2 is 1.71 bits per heavy atom. The predicted molar refractivity (Wildman–Crippen MR) is 115 cm³/mol. The SMILES string of the molecule is Cc1ccc2c(c1)cc1c3nccc4nc(C)c(n43)n3c4ccccc4c2c13. The number of fused-ring (bicyclic) bond motifs is 7. The molecule has 0 aliphatic rings. The lowest BCUT2D eigenvalue weighted by molar-refractivity contribution is 1.14. The Balaban J connectivity index is 2.00. The van der Waals surface area contributed by atoms with Gasteiger partial charge >= 0.3 is 0 Å². The molecule has 0 aliphatic carbocycles. The molecular weight excluding hydrogens is 344 g/mol. The van der Waals surface area contributed by atoms with Crippen LogP contribution in [0.15, 0.2) is 60.8 Å². The van der Waals surface area contributed by atoms with Crippen LogP contribution in [0.5, 0.6) is 0 Å². The standard InChI is InChI=1S/C24H16N4/c1-13-7-8-16-15(11-13)12-18-22-21(16)17-5-3-4-6-19(17)27(22)24-14(2)26-20-9-10-25-23(18)28(20)24/h3-12H,1-2H3. The largest absolute Gasteiger partial charge is 0.293 e. The number of hydrogen-bond donors (Lipinski definition) is 0. The highest BCUT2D eigenvalue weighted by atomic mass is 15.2. The van der Waals surface area contributed by atoms with Crippen LogP contribution in [0, 0.1) is 13.8 Å². The maximum Gasteiger partial charge on any atom is 0.149 e. The first-order valence-corrected chi connectivity index (χ1v) is 9.54. The van der Waals surface area contributed by atoms with E-state index in [2.05, 4.69) is 71.2 Å². The minimum Gasteiger partial charge on any atom is -0.293 e. The molecule has 0 unspecified atom stereocenters. The van der Waals surface area contributed by atoms with Crippen molar-refractivity contribution in [2.24, 2.45) is 0 Å². The van der Waals surface area contributed by atoms with Crippen LogP contribution in [0.3, 0.4) is 0 Å². The van der Waals surface area contributed by atoms with Crippen molar-refractivity contribution in [3.63, 3.8) is 0 Å². The van der Waals surface area contributed by atoms with Gasteiger partial charge in [-0.1, -0.05) is 42.0 Å². The fourth-order valence-electron chi connectivity index (χ4n) is 4.96. The molecule has 0 fully saturated rings. The normalized spacial score (nSPS) is 12.6. The van der Waals surface area contributed by atoms with Crippen LogP contribution >= 0.6 is 0 Å². The summed E-state index contributed by atoms with van der Waals surface area (Å²) in [7, 11) is 0. The monoisotopic (exact) mass is 360 g/mol. The molecule has 0 saturated heterocycles. The van der Waals surface area contributed by atoms with Crippen molar-refractivity contribution in [3.8, 4) is 0 Å².